The summed E-state index contributed by atoms with van der Waals surface area (Å²) < 4.78 is 65.5. The van der Waals surface area contributed by atoms with Crippen LogP contribution in [0.15, 0.2) is 42.6 Å². The highest BCUT2D eigenvalue weighted by molar-refractivity contribution is 6.34. The molecule has 0 aliphatic carbocycles. The molecule has 1 saturated heterocycles. The third-order valence-electron chi connectivity index (χ3n) is 7.68. The van der Waals surface area contributed by atoms with Crippen molar-refractivity contribution in [3.05, 3.63) is 75.9 Å². The summed E-state index contributed by atoms with van der Waals surface area (Å²) in [6, 6.07) is 10.1. The Kier molecular flexibility index (Phi) is 10.5. The van der Waals surface area contributed by atoms with E-state index in [2.05, 4.69) is 10.3 Å². The van der Waals surface area contributed by atoms with Gasteiger partial charge in [-0.25, -0.2) is 23.4 Å². The molecule has 1 amide bonds. The molecule has 5 rings (SSSR count). The van der Waals surface area contributed by atoms with Crippen LogP contribution in [0.25, 0.3) is 11.1 Å². The lowest BCUT2D eigenvalue weighted by Gasteiger charge is -2.30. The quantitative estimate of drug-likeness (QED) is 0.184. The van der Waals surface area contributed by atoms with Crippen molar-refractivity contribution in [2.45, 2.75) is 63.9 Å². The number of hydrogen-bond acceptors (Lipinski definition) is 9. The zero-order valence-electron chi connectivity index (χ0n) is 26.6. The topological polar surface area (TPSA) is 114 Å². The van der Waals surface area contributed by atoms with E-state index in [-0.39, 0.29) is 54.9 Å². The average Bonchev–Trinajstić information content (AvgIpc) is 3.42. The fourth-order valence-corrected chi connectivity index (χ4v) is 5.84. The smallest absolute Gasteiger partial charge is 0.407 e. The summed E-state index contributed by atoms with van der Waals surface area (Å²) in [4.78, 5) is 29.6. The summed E-state index contributed by atoms with van der Waals surface area (Å²) in [5.74, 6) is -3.30. The van der Waals surface area contributed by atoms with Gasteiger partial charge in [0, 0.05) is 42.0 Å². The third-order valence-corrected chi connectivity index (χ3v) is 8.05. The number of hydrogen-bond donors (Lipinski definition) is 1. The first kappa shape index (κ1) is 34.3. The fraction of sp³-hybridized carbons (Fsp3) is 0.441. The normalized spacial score (nSPS) is 19.0. The van der Waals surface area contributed by atoms with Gasteiger partial charge in [-0.2, -0.15) is 0 Å². The molecule has 10 nitrogen and oxygen atoms in total. The van der Waals surface area contributed by atoms with Gasteiger partial charge in [-0.15, -0.1) is 0 Å². The number of esters is 1. The molecule has 1 aromatic heterocycles. The maximum absolute atomic E-state index is 16.4. The van der Waals surface area contributed by atoms with Crippen molar-refractivity contribution in [1.82, 2.24) is 10.3 Å². The molecule has 0 radical (unpaired) electrons. The minimum atomic E-state index is -1.28. The van der Waals surface area contributed by atoms with Crippen molar-refractivity contribution >= 4 is 23.7 Å². The molecule has 2 aliphatic rings. The lowest BCUT2D eigenvalue weighted by atomic mass is 9.85. The largest absolute Gasteiger partial charge is 0.480 e. The standard InChI is InChI=1S/C34H37ClF2N2O8/c1-33(2,3)47-32(41)39-19-34(20-10-6-5-7-11-20)17-21-24(46-34)16-23(36)28(35)26(21)27-22(31(40)42-4)18-38-30(29(27)37)45-15-14-44-25-12-8-9-13-43-25/h5-7,10-11,16,18,25H,8-9,12-15,17,19H2,1-4H3,(H,39,41)/t25-,34+/m0/s1. The van der Waals surface area contributed by atoms with Gasteiger partial charge >= 0.3 is 12.1 Å². The van der Waals surface area contributed by atoms with Gasteiger partial charge in [0.2, 0.25) is 0 Å². The number of nitrogens with one attached hydrogen (secondary N) is 1. The molecular formula is C34H37ClF2N2O8. The zero-order chi connectivity index (χ0) is 33.8. The van der Waals surface area contributed by atoms with Crippen molar-refractivity contribution in [2.75, 3.05) is 33.5 Å². The maximum Gasteiger partial charge on any atom is 0.407 e. The monoisotopic (exact) mass is 674 g/mol. The maximum atomic E-state index is 16.4. The van der Waals surface area contributed by atoms with E-state index in [1.807, 2.05) is 6.07 Å². The predicted molar refractivity (Wildman–Crippen MR) is 168 cm³/mol. The molecular weight excluding hydrogens is 638 g/mol. The molecule has 2 aliphatic heterocycles. The van der Waals surface area contributed by atoms with Crippen LogP contribution in [-0.2, 0) is 31.0 Å². The first-order chi connectivity index (χ1) is 22.4. The molecule has 3 heterocycles. The number of carbonyl (C=O) groups excluding carboxylic acids is 2. The molecule has 252 valence electrons. The Morgan fingerprint density at radius 1 is 1.13 bits per heavy atom. The van der Waals surface area contributed by atoms with Crippen LogP contribution in [-0.4, -0.2) is 62.4 Å². The van der Waals surface area contributed by atoms with E-state index in [1.165, 1.54) is 0 Å². The Bertz CT molecular complexity index is 1610. The highest BCUT2D eigenvalue weighted by Crippen LogP contribution is 2.50. The highest BCUT2D eigenvalue weighted by atomic mass is 35.5. The Morgan fingerprint density at radius 2 is 1.89 bits per heavy atom. The van der Waals surface area contributed by atoms with Gasteiger partial charge in [0.15, 0.2) is 17.7 Å². The van der Waals surface area contributed by atoms with Crippen molar-refractivity contribution in [1.29, 1.82) is 0 Å². The summed E-state index contributed by atoms with van der Waals surface area (Å²) in [7, 11) is 1.13. The van der Waals surface area contributed by atoms with Gasteiger partial charge in [0.1, 0.15) is 23.8 Å². The Hall–Kier alpha value is -4.00. The second-order valence-electron chi connectivity index (χ2n) is 12.2. The van der Waals surface area contributed by atoms with Gasteiger partial charge in [0.05, 0.1) is 30.8 Å². The van der Waals surface area contributed by atoms with E-state index in [4.69, 9.17) is 40.0 Å². The molecule has 47 heavy (non-hydrogen) atoms. The van der Waals surface area contributed by atoms with Crippen LogP contribution in [0.4, 0.5) is 13.6 Å². The van der Waals surface area contributed by atoms with Crippen molar-refractivity contribution in [3.63, 3.8) is 0 Å². The molecule has 0 spiro atoms. The number of carbonyl (C=O) groups is 2. The van der Waals surface area contributed by atoms with Gasteiger partial charge < -0.3 is 33.7 Å². The second-order valence-corrected chi connectivity index (χ2v) is 12.6. The SMILES string of the molecule is COC(=O)c1cnc(OCCO[C@H]2CCCCO2)c(F)c1-c1c(Cl)c(F)cc2c1C[C@@](CNC(=O)OC(C)(C)C)(c1ccccc1)O2. The van der Waals surface area contributed by atoms with Crippen LogP contribution in [0.1, 0.15) is 61.5 Å². The number of fused-ring (bicyclic) bond motifs is 1. The highest BCUT2D eigenvalue weighted by Gasteiger charge is 2.45. The first-order valence-corrected chi connectivity index (χ1v) is 15.7. The number of halogens is 3. The van der Waals surface area contributed by atoms with E-state index in [0.717, 1.165) is 38.6 Å². The molecule has 0 bridgehead atoms. The zero-order valence-corrected chi connectivity index (χ0v) is 27.4. The Morgan fingerprint density at radius 3 is 2.57 bits per heavy atom. The molecule has 2 atom stereocenters. The van der Waals surface area contributed by atoms with Gasteiger partial charge in [-0.3, -0.25) is 0 Å². The van der Waals surface area contributed by atoms with Crippen LogP contribution in [0.3, 0.4) is 0 Å². The third kappa shape index (κ3) is 7.77. The predicted octanol–water partition coefficient (Wildman–Crippen LogP) is 6.74. The molecule has 1 fully saturated rings. The van der Waals surface area contributed by atoms with Gasteiger partial charge in [-0.1, -0.05) is 41.9 Å². The van der Waals surface area contributed by atoms with Crippen LogP contribution in [0.2, 0.25) is 5.02 Å². The van der Waals surface area contributed by atoms with Gasteiger partial charge in [-0.05, 0) is 45.6 Å². The minimum absolute atomic E-state index is 0.00523. The number of benzene rings is 2. The second kappa shape index (κ2) is 14.4. The lowest BCUT2D eigenvalue weighted by Crippen LogP contribution is -2.45. The number of methoxy groups -OCH3 is 1. The summed E-state index contributed by atoms with van der Waals surface area (Å²) in [5.41, 5.74) is -1.90. The number of aromatic nitrogens is 1. The first-order valence-electron chi connectivity index (χ1n) is 15.3. The van der Waals surface area contributed by atoms with Crippen molar-refractivity contribution in [2.24, 2.45) is 0 Å². The molecule has 1 N–H and O–H groups in total. The van der Waals surface area contributed by atoms with Crippen LogP contribution >= 0.6 is 11.6 Å². The molecule has 13 heteroatoms. The van der Waals surface area contributed by atoms with Crippen LogP contribution < -0.4 is 14.8 Å². The number of amides is 1. The summed E-state index contributed by atoms with van der Waals surface area (Å²) in [6.07, 6.45) is 2.72. The van der Waals surface area contributed by atoms with E-state index in [1.54, 1.807) is 45.0 Å². The lowest BCUT2D eigenvalue weighted by molar-refractivity contribution is -0.165. The van der Waals surface area contributed by atoms with E-state index >= 15 is 8.78 Å². The number of rotatable bonds is 10. The summed E-state index contributed by atoms with van der Waals surface area (Å²) in [5, 5.41) is 2.29. The van der Waals surface area contributed by atoms with Crippen LogP contribution in [0, 0.1) is 11.6 Å². The average molecular weight is 675 g/mol. The Labute approximate surface area is 276 Å². The molecule has 0 saturated carbocycles. The van der Waals surface area contributed by atoms with E-state index < -0.39 is 45.8 Å². The van der Waals surface area contributed by atoms with E-state index in [9.17, 15) is 9.59 Å². The van der Waals surface area contributed by atoms with E-state index in [0.29, 0.717) is 17.7 Å². The fourth-order valence-electron chi connectivity index (χ4n) is 5.57. The molecule has 0 unspecified atom stereocenters. The Balaban J connectivity index is 1.53. The van der Waals surface area contributed by atoms with Crippen LogP contribution in [0.5, 0.6) is 11.6 Å². The number of alkyl carbamates (subject to hydrolysis) is 1. The number of pyridine rings is 1. The van der Waals surface area contributed by atoms with Gasteiger partial charge in [0.25, 0.3) is 5.88 Å². The molecule has 3 aromatic rings. The minimum Gasteiger partial charge on any atom is -0.480 e. The van der Waals surface area contributed by atoms with Crippen molar-refractivity contribution in [3.8, 4) is 22.8 Å². The number of nitrogens with zero attached hydrogens (tertiary/aromatic N) is 1. The number of ether oxygens (including phenoxy) is 6. The summed E-state index contributed by atoms with van der Waals surface area (Å²) in [6.45, 7) is 5.72. The molecule has 2 aromatic carbocycles. The summed E-state index contributed by atoms with van der Waals surface area (Å²) >= 11 is 6.57. The van der Waals surface area contributed by atoms with Crippen molar-refractivity contribution < 1.29 is 46.8 Å².